The lowest BCUT2D eigenvalue weighted by Gasteiger charge is -2.24. The molecule has 32 heavy (non-hydrogen) atoms. The Kier molecular flexibility index (Phi) is 5.28. The Bertz CT molecular complexity index is 1300. The maximum atomic E-state index is 13.7. The van der Waals surface area contributed by atoms with E-state index in [2.05, 4.69) is 72.3 Å². The summed E-state index contributed by atoms with van der Waals surface area (Å²) in [6, 6.07) is 24.6. The predicted molar refractivity (Wildman–Crippen MR) is 131 cm³/mol. The Morgan fingerprint density at radius 3 is 1.78 bits per heavy atom. The van der Waals surface area contributed by atoms with Crippen molar-refractivity contribution < 1.29 is 4.79 Å². The van der Waals surface area contributed by atoms with Gasteiger partial charge in [-0.1, -0.05) is 50.2 Å². The smallest absolute Gasteiger partial charge is 0.254 e. The molecule has 0 saturated carbocycles. The number of aromatic nitrogens is 2. The number of hydrogen-bond acceptors (Lipinski definition) is 1. The number of amides is 1. The van der Waals surface area contributed by atoms with E-state index in [9.17, 15) is 4.79 Å². The highest BCUT2D eigenvalue weighted by Gasteiger charge is 2.19. The van der Waals surface area contributed by atoms with Gasteiger partial charge in [0, 0.05) is 52.9 Å². The second-order valence-electron chi connectivity index (χ2n) is 8.65. The van der Waals surface area contributed by atoms with Gasteiger partial charge in [0.1, 0.15) is 0 Å². The van der Waals surface area contributed by atoms with Crippen LogP contribution in [0.5, 0.6) is 0 Å². The summed E-state index contributed by atoms with van der Waals surface area (Å²) in [7, 11) is 0. The molecule has 0 aliphatic heterocycles. The molecule has 0 atom stereocenters. The molecule has 0 spiro atoms. The average Bonchev–Trinajstić information content (AvgIpc) is 3.48. The highest BCUT2D eigenvalue weighted by atomic mass is 16.2. The Hall–Kier alpha value is -3.79. The number of benzene rings is 3. The van der Waals surface area contributed by atoms with E-state index in [1.165, 1.54) is 5.56 Å². The van der Waals surface area contributed by atoms with Crippen molar-refractivity contribution >= 4 is 27.7 Å². The van der Waals surface area contributed by atoms with E-state index in [1.54, 1.807) is 0 Å². The van der Waals surface area contributed by atoms with Crippen LogP contribution in [0.15, 0.2) is 85.2 Å². The topological polar surface area (TPSA) is 51.9 Å². The van der Waals surface area contributed by atoms with Gasteiger partial charge in [0.25, 0.3) is 5.91 Å². The van der Waals surface area contributed by atoms with E-state index >= 15 is 0 Å². The first-order valence-electron chi connectivity index (χ1n) is 11.1. The van der Waals surface area contributed by atoms with Crippen LogP contribution in [0.2, 0.25) is 0 Å². The lowest BCUT2D eigenvalue weighted by atomic mass is 10.0. The molecule has 2 aromatic heterocycles. The normalized spacial score (nSPS) is 11.5. The maximum absolute atomic E-state index is 13.7. The van der Waals surface area contributed by atoms with Crippen molar-refractivity contribution in [3.05, 3.63) is 107 Å². The highest BCUT2D eigenvalue weighted by Crippen LogP contribution is 2.25. The summed E-state index contributed by atoms with van der Waals surface area (Å²) in [5.41, 5.74) is 6.40. The van der Waals surface area contributed by atoms with Gasteiger partial charge in [-0.2, -0.15) is 0 Å². The summed E-state index contributed by atoms with van der Waals surface area (Å²) < 4.78 is 0. The molecule has 0 radical (unpaired) electrons. The van der Waals surface area contributed by atoms with E-state index in [1.807, 2.05) is 41.6 Å². The molecule has 1 amide bonds. The van der Waals surface area contributed by atoms with Crippen LogP contribution in [0, 0.1) is 0 Å². The van der Waals surface area contributed by atoms with Gasteiger partial charge >= 0.3 is 0 Å². The van der Waals surface area contributed by atoms with Gasteiger partial charge < -0.3 is 14.9 Å². The SMILES string of the molecule is CC(C)c1ccc(C(=O)N(Cc2cccc3[nH]ccc23)Cc2cccc3[nH]ccc23)cc1. The minimum atomic E-state index is 0.0420. The number of rotatable bonds is 6. The van der Waals surface area contributed by atoms with Gasteiger partial charge in [-0.25, -0.2) is 0 Å². The summed E-state index contributed by atoms with van der Waals surface area (Å²) in [5, 5.41) is 2.31. The van der Waals surface area contributed by atoms with Crippen LogP contribution in [0.1, 0.15) is 46.8 Å². The molecule has 5 aromatic rings. The maximum Gasteiger partial charge on any atom is 0.254 e. The Balaban J connectivity index is 1.52. The van der Waals surface area contributed by atoms with Crippen molar-refractivity contribution in [3.8, 4) is 0 Å². The van der Waals surface area contributed by atoms with Crippen LogP contribution < -0.4 is 0 Å². The van der Waals surface area contributed by atoms with Crippen molar-refractivity contribution in [3.63, 3.8) is 0 Å². The molecule has 3 aromatic carbocycles. The summed E-state index contributed by atoms with van der Waals surface area (Å²) in [6.07, 6.45) is 3.90. The van der Waals surface area contributed by atoms with Crippen molar-refractivity contribution in [1.82, 2.24) is 14.9 Å². The minimum absolute atomic E-state index is 0.0420. The summed E-state index contributed by atoms with van der Waals surface area (Å²) in [5.74, 6) is 0.480. The van der Waals surface area contributed by atoms with Crippen molar-refractivity contribution in [1.29, 1.82) is 0 Å². The van der Waals surface area contributed by atoms with Crippen LogP contribution in [-0.2, 0) is 13.1 Å². The van der Waals surface area contributed by atoms with E-state index < -0.39 is 0 Å². The third-order valence-electron chi connectivity index (χ3n) is 6.20. The molecule has 0 fully saturated rings. The predicted octanol–water partition coefficient (Wildman–Crippen LogP) is 6.62. The fourth-order valence-corrected chi connectivity index (χ4v) is 4.38. The molecular weight excluding hydrogens is 394 g/mol. The zero-order valence-electron chi connectivity index (χ0n) is 18.4. The summed E-state index contributed by atoms with van der Waals surface area (Å²) >= 11 is 0. The first kappa shape index (κ1) is 20.1. The number of carbonyl (C=O) groups is 1. The largest absolute Gasteiger partial charge is 0.361 e. The first-order chi connectivity index (χ1) is 15.6. The molecule has 0 bridgehead atoms. The molecule has 0 aliphatic carbocycles. The fourth-order valence-electron chi connectivity index (χ4n) is 4.38. The van der Waals surface area contributed by atoms with Crippen molar-refractivity contribution in [2.75, 3.05) is 0 Å². The van der Waals surface area contributed by atoms with Crippen LogP contribution >= 0.6 is 0 Å². The minimum Gasteiger partial charge on any atom is -0.361 e. The zero-order valence-corrected chi connectivity index (χ0v) is 18.4. The van der Waals surface area contributed by atoms with E-state index in [-0.39, 0.29) is 5.91 Å². The summed E-state index contributed by atoms with van der Waals surface area (Å²) in [4.78, 5) is 22.2. The molecule has 4 nitrogen and oxygen atoms in total. The van der Waals surface area contributed by atoms with Gasteiger partial charge in [-0.3, -0.25) is 4.79 Å². The van der Waals surface area contributed by atoms with Crippen molar-refractivity contribution in [2.45, 2.75) is 32.9 Å². The van der Waals surface area contributed by atoms with Gasteiger partial charge in [-0.05, 0) is 59.0 Å². The summed E-state index contributed by atoms with van der Waals surface area (Å²) in [6.45, 7) is 5.41. The fraction of sp³-hybridized carbons (Fsp3) is 0.179. The monoisotopic (exact) mass is 421 g/mol. The molecule has 0 unspecified atom stereocenters. The number of nitrogens with zero attached hydrogens (tertiary/aromatic N) is 1. The molecule has 0 saturated heterocycles. The van der Waals surface area contributed by atoms with Gasteiger partial charge in [0.15, 0.2) is 0 Å². The molecule has 2 N–H and O–H groups in total. The Labute approximate surface area is 187 Å². The lowest BCUT2D eigenvalue weighted by molar-refractivity contribution is 0.0731. The molecule has 2 heterocycles. The number of aromatic amines is 2. The molecule has 160 valence electrons. The lowest BCUT2D eigenvalue weighted by Crippen LogP contribution is -2.30. The molecule has 0 aliphatic rings. The van der Waals surface area contributed by atoms with Crippen LogP contribution in [0.4, 0.5) is 0 Å². The van der Waals surface area contributed by atoms with Gasteiger partial charge in [0.05, 0.1) is 0 Å². The van der Waals surface area contributed by atoms with E-state index in [4.69, 9.17) is 0 Å². The number of nitrogens with one attached hydrogen (secondary N) is 2. The Morgan fingerprint density at radius 1 is 0.750 bits per heavy atom. The number of carbonyl (C=O) groups excluding carboxylic acids is 1. The first-order valence-corrected chi connectivity index (χ1v) is 11.1. The molecule has 5 rings (SSSR count). The zero-order chi connectivity index (χ0) is 22.1. The molecular formula is C28H27N3O. The van der Waals surface area contributed by atoms with Gasteiger partial charge in [0.2, 0.25) is 0 Å². The van der Waals surface area contributed by atoms with Crippen LogP contribution in [-0.4, -0.2) is 20.8 Å². The number of fused-ring (bicyclic) bond motifs is 2. The van der Waals surface area contributed by atoms with Gasteiger partial charge in [-0.15, -0.1) is 0 Å². The Morgan fingerprint density at radius 2 is 1.28 bits per heavy atom. The van der Waals surface area contributed by atoms with E-state index in [0.29, 0.717) is 19.0 Å². The third-order valence-corrected chi connectivity index (χ3v) is 6.20. The number of hydrogen-bond donors (Lipinski definition) is 2. The highest BCUT2D eigenvalue weighted by molar-refractivity contribution is 5.95. The quantitative estimate of drug-likeness (QED) is 0.318. The second kappa shape index (κ2) is 8.39. The second-order valence-corrected chi connectivity index (χ2v) is 8.65. The van der Waals surface area contributed by atoms with Crippen LogP contribution in [0.3, 0.4) is 0 Å². The average molecular weight is 422 g/mol. The standard InChI is InChI=1S/C28H27N3O/c1-19(2)20-9-11-21(12-10-20)28(32)31(17-22-5-3-7-26-24(22)13-15-29-26)18-23-6-4-8-27-25(23)14-16-30-27/h3-16,19,29-30H,17-18H2,1-2H3. The van der Waals surface area contributed by atoms with Crippen LogP contribution in [0.25, 0.3) is 21.8 Å². The number of H-pyrrole nitrogens is 2. The van der Waals surface area contributed by atoms with Crippen molar-refractivity contribution in [2.24, 2.45) is 0 Å². The third kappa shape index (κ3) is 3.80. The van der Waals surface area contributed by atoms with E-state index in [0.717, 1.165) is 38.5 Å². The molecule has 4 heteroatoms.